The lowest BCUT2D eigenvalue weighted by Crippen LogP contribution is -2.48. The number of H-pyrrole nitrogens is 1. The van der Waals surface area contributed by atoms with E-state index in [1.807, 2.05) is 18.2 Å². The Labute approximate surface area is 134 Å². The second-order valence-electron chi connectivity index (χ2n) is 5.45. The van der Waals surface area contributed by atoms with Crippen molar-refractivity contribution < 1.29 is 4.79 Å². The third-order valence-electron chi connectivity index (χ3n) is 3.84. The molecule has 1 aliphatic heterocycles. The number of carbonyl (C=O) groups excluding carboxylic acids is 1. The molecule has 3 rings (SSSR count). The molecule has 1 aliphatic rings. The van der Waals surface area contributed by atoms with Gasteiger partial charge in [0.05, 0.1) is 0 Å². The normalized spacial score (nSPS) is 16.1. The minimum absolute atomic E-state index is 0.0954. The zero-order valence-corrected chi connectivity index (χ0v) is 12.9. The molecular formula is C16H20N6O. The first-order valence-electron chi connectivity index (χ1n) is 7.63. The summed E-state index contributed by atoms with van der Waals surface area (Å²) in [6, 6.07) is 10.2. The zero-order valence-electron chi connectivity index (χ0n) is 12.9. The van der Waals surface area contributed by atoms with Crippen molar-refractivity contribution in [3.63, 3.8) is 0 Å². The van der Waals surface area contributed by atoms with Crippen molar-refractivity contribution in [2.24, 2.45) is 0 Å². The van der Waals surface area contributed by atoms with Gasteiger partial charge in [0.1, 0.15) is 0 Å². The van der Waals surface area contributed by atoms with Crippen molar-refractivity contribution in [2.75, 3.05) is 38.5 Å². The van der Waals surface area contributed by atoms with Crippen LogP contribution in [0.25, 0.3) is 6.08 Å². The van der Waals surface area contributed by atoms with Crippen molar-refractivity contribution in [1.82, 2.24) is 25.0 Å². The Bertz CT molecular complexity index is 673. The number of anilines is 1. The van der Waals surface area contributed by atoms with Crippen molar-refractivity contribution in [2.45, 2.75) is 0 Å². The maximum absolute atomic E-state index is 12.2. The van der Waals surface area contributed by atoms with Crippen LogP contribution in [0.15, 0.2) is 36.4 Å². The molecule has 3 N–H and O–H groups in total. The van der Waals surface area contributed by atoms with Crippen LogP contribution in [-0.2, 0) is 0 Å². The Hall–Kier alpha value is -2.67. The number of nitrogen functional groups attached to an aromatic ring is 1. The van der Waals surface area contributed by atoms with E-state index in [2.05, 4.69) is 44.4 Å². The first kappa shape index (κ1) is 15.2. The highest BCUT2D eigenvalue weighted by Gasteiger charge is 2.23. The summed E-state index contributed by atoms with van der Waals surface area (Å²) >= 11 is 0. The lowest BCUT2D eigenvalue weighted by Gasteiger charge is -2.33. The molecule has 0 bridgehead atoms. The van der Waals surface area contributed by atoms with E-state index in [0.29, 0.717) is 13.1 Å². The van der Waals surface area contributed by atoms with Gasteiger partial charge in [0, 0.05) is 32.7 Å². The number of piperazine rings is 1. The highest BCUT2D eigenvalue weighted by molar-refractivity contribution is 5.90. The van der Waals surface area contributed by atoms with E-state index in [-0.39, 0.29) is 17.7 Å². The number of benzene rings is 1. The van der Waals surface area contributed by atoms with Gasteiger partial charge in [-0.25, -0.2) is 0 Å². The molecule has 2 aromatic rings. The fourth-order valence-electron chi connectivity index (χ4n) is 2.56. The Balaban J connectivity index is 1.47. The van der Waals surface area contributed by atoms with Crippen LogP contribution >= 0.6 is 0 Å². The van der Waals surface area contributed by atoms with Crippen LogP contribution < -0.4 is 5.73 Å². The molecule has 2 heterocycles. The molecule has 0 spiro atoms. The first-order valence-corrected chi connectivity index (χ1v) is 7.63. The molecule has 7 heteroatoms. The molecule has 23 heavy (non-hydrogen) atoms. The Morgan fingerprint density at radius 3 is 2.61 bits per heavy atom. The predicted octanol–water partition coefficient (Wildman–Crippen LogP) is 0.858. The average molecular weight is 312 g/mol. The highest BCUT2D eigenvalue weighted by Crippen LogP contribution is 2.07. The average Bonchev–Trinajstić information content (AvgIpc) is 3.02. The van der Waals surface area contributed by atoms with Crippen LogP contribution in [0.1, 0.15) is 16.2 Å². The number of nitrogens with one attached hydrogen (secondary N) is 1. The molecule has 1 saturated heterocycles. The minimum Gasteiger partial charge on any atom is -0.366 e. The number of aromatic nitrogens is 3. The summed E-state index contributed by atoms with van der Waals surface area (Å²) in [5.74, 6) is 0.159. The van der Waals surface area contributed by atoms with Gasteiger partial charge in [-0.05, 0) is 5.56 Å². The van der Waals surface area contributed by atoms with Crippen molar-refractivity contribution in [3.8, 4) is 0 Å². The maximum Gasteiger partial charge on any atom is 0.291 e. The highest BCUT2D eigenvalue weighted by atomic mass is 16.2. The molecule has 1 aromatic carbocycles. The SMILES string of the molecule is Nc1n[nH]c(C(=O)N2CCN(C/C=C/c3ccccc3)CC2)n1. The smallest absolute Gasteiger partial charge is 0.291 e. The lowest BCUT2D eigenvalue weighted by molar-refractivity contribution is 0.0638. The topological polar surface area (TPSA) is 91.1 Å². The number of nitrogens with two attached hydrogens (primary N) is 1. The van der Waals surface area contributed by atoms with Crippen LogP contribution in [0.3, 0.4) is 0 Å². The number of carbonyl (C=O) groups is 1. The molecule has 1 aromatic heterocycles. The van der Waals surface area contributed by atoms with Gasteiger partial charge < -0.3 is 10.6 Å². The second kappa shape index (κ2) is 7.06. The third-order valence-corrected chi connectivity index (χ3v) is 3.84. The number of hydrogen-bond donors (Lipinski definition) is 2. The largest absolute Gasteiger partial charge is 0.366 e. The maximum atomic E-state index is 12.2. The monoisotopic (exact) mass is 312 g/mol. The van der Waals surface area contributed by atoms with Crippen LogP contribution in [0.2, 0.25) is 0 Å². The number of aromatic amines is 1. The summed E-state index contributed by atoms with van der Waals surface area (Å²) in [5, 5.41) is 6.26. The Morgan fingerprint density at radius 2 is 1.96 bits per heavy atom. The molecule has 0 saturated carbocycles. The Morgan fingerprint density at radius 1 is 1.22 bits per heavy atom. The molecule has 1 fully saturated rings. The van der Waals surface area contributed by atoms with Crippen molar-refractivity contribution in [1.29, 1.82) is 0 Å². The molecule has 0 aliphatic carbocycles. The number of amides is 1. The van der Waals surface area contributed by atoms with Gasteiger partial charge in [-0.15, -0.1) is 5.10 Å². The third kappa shape index (κ3) is 3.95. The van der Waals surface area contributed by atoms with Gasteiger partial charge in [-0.2, -0.15) is 4.98 Å². The summed E-state index contributed by atoms with van der Waals surface area (Å²) in [6.07, 6.45) is 4.28. The summed E-state index contributed by atoms with van der Waals surface area (Å²) < 4.78 is 0. The van der Waals surface area contributed by atoms with E-state index < -0.39 is 0 Å². The molecule has 1 amide bonds. The summed E-state index contributed by atoms with van der Waals surface area (Å²) in [7, 11) is 0. The predicted molar refractivity (Wildman–Crippen MR) is 88.6 cm³/mol. The van der Waals surface area contributed by atoms with E-state index in [1.54, 1.807) is 4.90 Å². The molecule has 0 atom stereocenters. The van der Waals surface area contributed by atoms with Crippen LogP contribution in [0, 0.1) is 0 Å². The van der Waals surface area contributed by atoms with Crippen LogP contribution in [0.5, 0.6) is 0 Å². The minimum atomic E-state index is -0.145. The van der Waals surface area contributed by atoms with E-state index >= 15 is 0 Å². The van der Waals surface area contributed by atoms with Gasteiger partial charge in [0.15, 0.2) is 0 Å². The fraction of sp³-hybridized carbons (Fsp3) is 0.312. The van der Waals surface area contributed by atoms with Gasteiger partial charge in [0.2, 0.25) is 11.8 Å². The van der Waals surface area contributed by atoms with Crippen LogP contribution in [-0.4, -0.2) is 63.6 Å². The number of rotatable bonds is 4. The molecule has 7 nitrogen and oxygen atoms in total. The zero-order chi connectivity index (χ0) is 16.1. The standard InChI is InChI=1S/C16H20N6O/c17-16-18-14(19-20-16)15(23)22-11-9-21(10-12-22)8-4-7-13-5-2-1-3-6-13/h1-7H,8-12H2,(H3,17,18,19,20)/b7-4+. The number of nitrogens with zero attached hydrogens (tertiary/aromatic N) is 4. The molecule has 120 valence electrons. The van der Waals surface area contributed by atoms with Crippen molar-refractivity contribution in [3.05, 3.63) is 47.8 Å². The van der Waals surface area contributed by atoms with Crippen molar-refractivity contribution >= 4 is 17.9 Å². The van der Waals surface area contributed by atoms with E-state index in [4.69, 9.17) is 5.73 Å². The number of hydrogen-bond acceptors (Lipinski definition) is 5. The van der Waals surface area contributed by atoms with Gasteiger partial charge in [-0.3, -0.25) is 14.8 Å². The second-order valence-corrected chi connectivity index (χ2v) is 5.45. The van der Waals surface area contributed by atoms with Crippen LogP contribution in [0.4, 0.5) is 5.95 Å². The summed E-state index contributed by atoms with van der Waals surface area (Å²) in [6.45, 7) is 3.92. The molecular weight excluding hydrogens is 292 g/mol. The van der Waals surface area contributed by atoms with E-state index in [1.165, 1.54) is 5.56 Å². The molecule has 0 radical (unpaired) electrons. The van der Waals surface area contributed by atoms with E-state index in [9.17, 15) is 4.79 Å². The first-order chi connectivity index (χ1) is 11.2. The lowest BCUT2D eigenvalue weighted by atomic mass is 10.2. The quantitative estimate of drug-likeness (QED) is 0.873. The summed E-state index contributed by atoms with van der Waals surface area (Å²) in [5.41, 5.74) is 6.63. The van der Waals surface area contributed by atoms with Gasteiger partial charge >= 0.3 is 0 Å². The fourth-order valence-corrected chi connectivity index (χ4v) is 2.56. The Kier molecular flexibility index (Phi) is 4.68. The van der Waals surface area contributed by atoms with Gasteiger partial charge in [-0.1, -0.05) is 42.5 Å². The summed E-state index contributed by atoms with van der Waals surface area (Å²) in [4.78, 5) is 20.2. The van der Waals surface area contributed by atoms with Gasteiger partial charge in [0.25, 0.3) is 5.91 Å². The molecule has 0 unspecified atom stereocenters. The van der Waals surface area contributed by atoms with E-state index in [0.717, 1.165) is 19.6 Å².